The van der Waals surface area contributed by atoms with Crippen LogP contribution in [0.2, 0.25) is 0 Å². The van der Waals surface area contributed by atoms with Crippen LogP contribution in [0.5, 0.6) is 17.2 Å². The minimum Gasteiger partial charge on any atom is -0.490 e. The second kappa shape index (κ2) is 9.64. The van der Waals surface area contributed by atoms with Gasteiger partial charge in [-0.25, -0.2) is 4.79 Å². The highest BCUT2D eigenvalue weighted by molar-refractivity contribution is 6.06. The molecule has 28 heavy (non-hydrogen) atoms. The number of carbonyl (C=O) groups excluding carboxylic acids is 1. The van der Waals surface area contributed by atoms with Crippen molar-refractivity contribution in [3.05, 3.63) is 47.0 Å². The van der Waals surface area contributed by atoms with Crippen LogP contribution >= 0.6 is 0 Å². The number of benzene rings is 2. The molecule has 0 aliphatic carbocycles. The van der Waals surface area contributed by atoms with Crippen molar-refractivity contribution in [2.45, 2.75) is 27.7 Å². The van der Waals surface area contributed by atoms with Crippen LogP contribution in [0.4, 0.5) is 5.69 Å². The first-order chi connectivity index (χ1) is 13.4. The van der Waals surface area contributed by atoms with Gasteiger partial charge in [0.1, 0.15) is 0 Å². The zero-order chi connectivity index (χ0) is 20.7. The summed E-state index contributed by atoms with van der Waals surface area (Å²) in [5, 5.41) is 11.9. The molecule has 0 aliphatic heterocycles. The molecule has 0 unspecified atom stereocenters. The average Bonchev–Trinajstić information content (AvgIpc) is 2.66. The number of aryl methyl sites for hydroxylation is 1. The minimum absolute atomic E-state index is 0.0950. The Morgan fingerprint density at radius 2 is 1.46 bits per heavy atom. The molecule has 2 aromatic carbocycles. The lowest BCUT2D eigenvalue weighted by molar-refractivity contribution is 0.0696. The fourth-order valence-electron chi connectivity index (χ4n) is 2.60. The van der Waals surface area contributed by atoms with E-state index in [0.29, 0.717) is 48.3 Å². The summed E-state index contributed by atoms with van der Waals surface area (Å²) in [6.07, 6.45) is 0. The predicted octanol–water partition coefficient (Wildman–Crippen LogP) is 4.14. The van der Waals surface area contributed by atoms with Crippen LogP contribution in [0.3, 0.4) is 0 Å². The van der Waals surface area contributed by atoms with Crippen molar-refractivity contribution < 1.29 is 28.9 Å². The Kier molecular flexibility index (Phi) is 7.26. The highest BCUT2D eigenvalue weighted by Gasteiger charge is 2.19. The predicted molar refractivity (Wildman–Crippen MR) is 106 cm³/mol. The summed E-state index contributed by atoms with van der Waals surface area (Å²) in [6.45, 7) is 8.54. The van der Waals surface area contributed by atoms with E-state index in [1.807, 2.05) is 20.8 Å². The van der Waals surface area contributed by atoms with E-state index in [-0.39, 0.29) is 5.56 Å². The number of anilines is 1. The van der Waals surface area contributed by atoms with Gasteiger partial charge < -0.3 is 24.6 Å². The molecule has 0 saturated carbocycles. The maximum atomic E-state index is 12.8. The SMILES string of the molecule is CCOc1cc(C(=O)Nc2cc(C(=O)O)ccc2C)cc(OCC)c1OCC. The molecular formula is C21H25NO6. The topological polar surface area (TPSA) is 94.1 Å². The maximum Gasteiger partial charge on any atom is 0.335 e. The molecule has 0 atom stereocenters. The van der Waals surface area contributed by atoms with Gasteiger partial charge in [0.2, 0.25) is 5.75 Å². The van der Waals surface area contributed by atoms with Gasteiger partial charge in [-0.15, -0.1) is 0 Å². The molecule has 7 heteroatoms. The number of nitrogens with one attached hydrogen (secondary N) is 1. The number of ether oxygens (including phenoxy) is 3. The first-order valence-corrected chi connectivity index (χ1v) is 9.12. The Hall–Kier alpha value is -3.22. The van der Waals surface area contributed by atoms with Gasteiger partial charge in [-0.2, -0.15) is 0 Å². The van der Waals surface area contributed by atoms with E-state index in [4.69, 9.17) is 19.3 Å². The second-order valence-electron chi connectivity index (χ2n) is 5.89. The van der Waals surface area contributed by atoms with E-state index in [9.17, 15) is 9.59 Å². The number of amides is 1. The number of hydrogen-bond acceptors (Lipinski definition) is 5. The van der Waals surface area contributed by atoms with E-state index >= 15 is 0 Å². The summed E-state index contributed by atoms with van der Waals surface area (Å²) in [5.74, 6) is -0.191. The Morgan fingerprint density at radius 3 is 1.96 bits per heavy atom. The summed E-state index contributed by atoms with van der Waals surface area (Å²) in [7, 11) is 0. The number of rotatable bonds is 9. The summed E-state index contributed by atoms with van der Waals surface area (Å²) in [6, 6.07) is 7.74. The van der Waals surface area contributed by atoms with E-state index in [0.717, 1.165) is 5.56 Å². The quantitative estimate of drug-likeness (QED) is 0.671. The number of carbonyl (C=O) groups is 2. The third-order valence-corrected chi connectivity index (χ3v) is 3.90. The van der Waals surface area contributed by atoms with Crippen LogP contribution in [-0.4, -0.2) is 36.8 Å². The van der Waals surface area contributed by atoms with Crippen LogP contribution in [0.15, 0.2) is 30.3 Å². The number of carboxylic acid groups (broad SMARTS) is 1. The molecule has 1 amide bonds. The Balaban J connectivity index is 2.42. The van der Waals surface area contributed by atoms with Crippen LogP contribution in [-0.2, 0) is 0 Å². The van der Waals surface area contributed by atoms with Crippen molar-refractivity contribution in [3.8, 4) is 17.2 Å². The lowest BCUT2D eigenvalue weighted by Crippen LogP contribution is -2.14. The van der Waals surface area contributed by atoms with Crippen LogP contribution in [0.1, 0.15) is 47.1 Å². The van der Waals surface area contributed by atoms with Crippen molar-refractivity contribution in [1.82, 2.24) is 0 Å². The van der Waals surface area contributed by atoms with Gasteiger partial charge in [-0.3, -0.25) is 4.79 Å². The number of carboxylic acids is 1. The molecule has 0 heterocycles. The molecule has 2 rings (SSSR count). The molecular weight excluding hydrogens is 362 g/mol. The Morgan fingerprint density at radius 1 is 0.893 bits per heavy atom. The Labute approximate surface area is 164 Å². The van der Waals surface area contributed by atoms with Crippen LogP contribution in [0, 0.1) is 6.92 Å². The molecule has 0 saturated heterocycles. The standard InChI is InChI=1S/C21H25NO6/c1-5-26-17-11-15(12-18(27-6-2)19(17)28-7-3)20(23)22-16-10-14(21(24)25)9-8-13(16)4/h8-12H,5-7H2,1-4H3,(H,22,23)(H,24,25). The fraction of sp³-hybridized carbons (Fsp3) is 0.333. The van der Waals surface area contributed by atoms with Gasteiger partial charge >= 0.3 is 5.97 Å². The molecule has 0 fully saturated rings. The molecule has 0 aliphatic rings. The third kappa shape index (κ3) is 4.94. The summed E-state index contributed by atoms with van der Waals surface area (Å²) < 4.78 is 16.9. The van der Waals surface area contributed by atoms with Gasteiger partial charge in [0.15, 0.2) is 11.5 Å². The van der Waals surface area contributed by atoms with Crippen molar-refractivity contribution in [3.63, 3.8) is 0 Å². The van der Waals surface area contributed by atoms with Crippen molar-refractivity contribution in [2.24, 2.45) is 0 Å². The van der Waals surface area contributed by atoms with E-state index in [1.54, 1.807) is 25.1 Å². The van der Waals surface area contributed by atoms with E-state index in [2.05, 4.69) is 5.32 Å². The van der Waals surface area contributed by atoms with Crippen molar-refractivity contribution >= 4 is 17.6 Å². The summed E-state index contributed by atoms with van der Waals surface area (Å²) in [4.78, 5) is 24.0. The molecule has 7 nitrogen and oxygen atoms in total. The average molecular weight is 387 g/mol. The number of hydrogen-bond donors (Lipinski definition) is 2. The zero-order valence-electron chi connectivity index (χ0n) is 16.5. The molecule has 2 aromatic rings. The summed E-state index contributed by atoms with van der Waals surface area (Å²) >= 11 is 0. The van der Waals surface area contributed by atoms with Crippen molar-refractivity contribution in [1.29, 1.82) is 0 Å². The van der Waals surface area contributed by atoms with Crippen LogP contribution in [0.25, 0.3) is 0 Å². The van der Waals surface area contributed by atoms with Gasteiger partial charge in [-0.1, -0.05) is 6.07 Å². The highest BCUT2D eigenvalue weighted by Crippen LogP contribution is 2.39. The van der Waals surface area contributed by atoms with Crippen LogP contribution < -0.4 is 19.5 Å². The monoisotopic (exact) mass is 387 g/mol. The van der Waals surface area contributed by atoms with Gasteiger partial charge in [0.05, 0.1) is 25.4 Å². The molecule has 150 valence electrons. The lowest BCUT2D eigenvalue weighted by atomic mass is 10.1. The van der Waals surface area contributed by atoms with Crippen molar-refractivity contribution in [2.75, 3.05) is 25.1 Å². The Bertz CT molecular complexity index is 835. The molecule has 0 aromatic heterocycles. The third-order valence-electron chi connectivity index (χ3n) is 3.90. The highest BCUT2D eigenvalue weighted by atomic mass is 16.5. The largest absolute Gasteiger partial charge is 0.490 e. The summed E-state index contributed by atoms with van der Waals surface area (Å²) in [5.41, 5.74) is 1.59. The first kappa shape index (κ1) is 21.1. The van der Waals surface area contributed by atoms with Gasteiger partial charge in [0, 0.05) is 11.3 Å². The smallest absolute Gasteiger partial charge is 0.335 e. The van der Waals surface area contributed by atoms with Gasteiger partial charge in [0.25, 0.3) is 5.91 Å². The normalized spacial score (nSPS) is 10.3. The zero-order valence-corrected chi connectivity index (χ0v) is 16.5. The maximum absolute atomic E-state index is 12.8. The van der Waals surface area contributed by atoms with E-state index in [1.165, 1.54) is 12.1 Å². The molecule has 2 N–H and O–H groups in total. The molecule has 0 radical (unpaired) electrons. The van der Waals surface area contributed by atoms with Gasteiger partial charge in [-0.05, 0) is 57.5 Å². The number of aromatic carboxylic acids is 1. The first-order valence-electron chi connectivity index (χ1n) is 9.12. The lowest BCUT2D eigenvalue weighted by Gasteiger charge is -2.17. The molecule has 0 bridgehead atoms. The fourth-order valence-corrected chi connectivity index (χ4v) is 2.60. The minimum atomic E-state index is -1.06. The van der Waals surface area contributed by atoms with E-state index < -0.39 is 11.9 Å². The second-order valence-corrected chi connectivity index (χ2v) is 5.89. The molecule has 0 spiro atoms.